The summed E-state index contributed by atoms with van der Waals surface area (Å²) in [6.07, 6.45) is 51.6. The molecule has 8 nitrogen and oxygen atoms in total. The normalized spacial score (nSPS) is 13.7. The maximum atomic E-state index is 12.5. The van der Waals surface area contributed by atoms with Gasteiger partial charge in [-0.15, -0.1) is 0 Å². The number of esters is 2. The smallest absolute Gasteiger partial charge is 0.462 e. The van der Waals surface area contributed by atoms with Gasteiger partial charge in [-0.3, -0.25) is 18.6 Å². The van der Waals surface area contributed by atoms with Gasteiger partial charge in [-0.05, 0) is 77.0 Å². The Hall–Kier alpha value is -1.99. The lowest BCUT2D eigenvalue weighted by Gasteiger charge is -2.19. The SMILES string of the molecule is CCCCCC/C=C\C/C=C\CCCCCCCC(=O)OCC(COP(=O)(O)OC)OC(=O)CCCCCCCCCCC/C=C\C/C=C\CCCCCCC. The maximum Gasteiger partial charge on any atom is 0.472 e. The summed E-state index contributed by atoms with van der Waals surface area (Å²) in [6.45, 7) is 3.86. The van der Waals surface area contributed by atoms with E-state index in [1.807, 2.05) is 0 Å². The van der Waals surface area contributed by atoms with Crippen LogP contribution in [-0.4, -0.2) is 43.3 Å². The minimum atomic E-state index is -4.27. The average Bonchev–Trinajstić information content (AvgIpc) is 3.19. The summed E-state index contributed by atoms with van der Waals surface area (Å²) >= 11 is 0. The molecule has 326 valence electrons. The van der Waals surface area contributed by atoms with Crippen molar-refractivity contribution < 1.29 is 37.6 Å². The molecule has 0 saturated heterocycles. The zero-order chi connectivity index (χ0) is 41.1. The van der Waals surface area contributed by atoms with Crippen LogP contribution in [0.25, 0.3) is 0 Å². The first-order valence-corrected chi connectivity index (χ1v) is 24.3. The molecule has 0 amide bonds. The van der Waals surface area contributed by atoms with E-state index < -0.39 is 26.5 Å². The van der Waals surface area contributed by atoms with Crippen LogP contribution in [0, 0.1) is 0 Å². The van der Waals surface area contributed by atoms with Crippen LogP contribution < -0.4 is 0 Å². The Bertz CT molecular complexity index is 1050. The van der Waals surface area contributed by atoms with E-state index in [-0.39, 0.29) is 25.4 Å². The molecule has 0 spiro atoms. The highest BCUT2D eigenvalue weighted by Crippen LogP contribution is 2.42. The minimum Gasteiger partial charge on any atom is -0.462 e. The summed E-state index contributed by atoms with van der Waals surface area (Å²) in [5.74, 6) is -0.822. The van der Waals surface area contributed by atoms with Gasteiger partial charge in [-0.25, -0.2) is 4.57 Å². The number of phosphoric ester groups is 1. The monoisotopic (exact) mass is 809 g/mol. The first kappa shape index (κ1) is 54.0. The summed E-state index contributed by atoms with van der Waals surface area (Å²) in [6, 6.07) is 0. The minimum absolute atomic E-state index is 0.235. The van der Waals surface area contributed by atoms with Gasteiger partial charge in [0.2, 0.25) is 0 Å². The van der Waals surface area contributed by atoms with Crippen LogP contribution in [0.2, 0.25) is 0 Å². The second-order valence-corrected chi connectivity index (χ2v) is 16.7. The molecule has 56 heavy (non-hydrogen) atoms. The standard InChI is InChI=1S/C47H85O8P/c1-4-6-8-10-12-14-16-18-20-22-23-24-25-26-28-30-32-34-36-38-40-42-47(49)55-45(44-54-56(50,51)52-3)43-53-46(48)41-39-37-35-33-31-29-27-21-19-17-15-13-11-9-7-5-2/h15-18,21-23,27,45H,4-14,19-20,24-26,28-44H2,1-3H3,(H,50,51)/b17-15-,18-16-,23-22-,27-21-. The van der Waals surface area contributed by atoms with Crippen LogP contribution in [0.15, 0.2) is 48.6 Å². The predicted octanol–water partition coefficient (Wildman–Crippen LogP) is 14.6. The van der Waals surface area contributed by atoms with Gasteiger partial charge in [0.15, 0.2) is 6.10 Å². The summed E-state index contributed by atoms with van der Waals surface area (Å²) in [4.78, 5) is 34.5. The summed E-state index contributed by atoms with van der Waals surface area (Å²) < 4.78 is 32.0. The molecule has 0 aliphatic heterocycles. The number of carbonyl (C=O) groups excluding carboxylic acids is 2. The third-order valence-electron chi connectivity index (χ3n) is 9.80. The maximum absolute atomic E-state index is 12.5. The number of rotatable bonds is 42. The molecule has 0 heterocycles. The number of carbonyl (C=O) groups is 2. The second kappa shape index (κ2) is 42.6. The quantitative estimate of drug-likeness (QED) is 0.0281. The van der Waals surface area contributed by atoms with Crippen molar-refractivity contribution in [3.8, 4) is 0 Å². The molecule has 0 bridgehead atoms. The van der Waals surface area contributed by atoms with Crippen molar-refractivity contribution in [2.24, 2.45) is 0 Å². The highest BCUT2D eigenvalue weighted by Gasteiger charge is 2.24. The molecule has 0 aromatic heterocycles. The van der Waals surface area contributed by atoms with Crippen molar-refractivity contribution in [1.82, 2.24) is 0 Å². The largest absolute Gasteiger partial charge is 0.472 e. The number of hydrogen-bond acceptors (Lipinski definition) is 7. The van der Waals surface area contributed by atoms with Gasteiger partial charge in [0, 0.05) is 20.0 Å². The van der Waals surface area contributed by atoms with Crippen LogP contribution in [0.5, 0.6) is 0 Å². The predicted molar refractivity (Wildman–Crippen MR) is 235 cm³/mol. The molecular formula is C47H85O8P. The summed E-state index contributed by atoms with van der Waals surface area (Å²) in [7, 11) is -3.21. The van der Waals surface area contributed by atoms with E-state index in [1.54, 1.807) is 0 Å². The van der Waals surface area contributed by atoms with Crippen molar-refractivity contribution in [3.63, 3.8) is 0 Å². The molecule has 0 saturated carbocycles. The van der Waals surface area contributed by atoms with E-state index in [0.29, 0.717) is 6.42 Å². The molecular weight excluding hydrogens is 723 g/mol. The van der Waals surface area contributed by atoms with Gasteiger partial charge in [0.25, 0.3) is 0 Å². The topological polar surface area (TPSA) is 108 Å². The van der Waals surface area contributed by atoms with E-state index in [4.69, 9.17) is 14.0 Å². The van der Waals surface area contributed by atoms with Crippen molar-refractivity contribution in [2.75, 3.05) is 20.3 Å². The molecule has 0 rings (SSSR count). The Morgan fingerprint density at radius 3 is 1.27 bits per heavy atom. The summed E-state index contributed by atoms with van der Waals surface area (Å²) in [5, 5.41) is 0. The average molecular weight is 809 g/mol. The van der Waals surface area contributed by atoms with Crippen molar-refractivity contribution >= 4 is 19.8 Å². The first-order valence-electron chi connectivity index (χ1n) is 22.8. The van der Waals surface area contributed by atoms with E-state index in [0.717, 1.165) is 77.7 Å². The number of unbranched alkanes of at least 4 members (excludes halogenated alkanes) is 23. The number of ether oxygens (including phenoxy) is 2. The second-order valence-electron chi connectivity index (χ2n) is 15.2. The molecule has 0 aliphatic rings. The fourth-order valence-corrected chi connectivity index (χ4v) is 6.71. The van der Waals surface area contributed by atoms with Gasteiger partial charge in [0.1, 0.15) is 6.61 Å². The molecule has 2 atom stereocenters. The number of hydrogen-bond donors (Lipinski definition) is 1. The van der Waals surface area contributed by atoms with Crippen molar-refractivity contribution in [3.05, 3.63) is 48.6 Å². The van der Waals surface area contributed by atoms with Crippen molar-refractivity contribution in [2.45, 2.75) is 219 Å². The van der Waals surface area contributed by atoms with Gasteiger partial charge in [-0.2, -0.15) is 0 Å². The Morgan fingerprint density at radius 2 is 0.857 bits per heavy atom. The van der Waals surface area contributed by atoms with E-state index in [9.17, 15) is 19.0 Å². The highest BCUT2D eigenvalue weighted by molar-refractivity contribution is 7.47. The third-order valence-corrected chi connectivity index (χ3v) is 10.7. The van der Waals surface area contributed by atoms with Crippen LogP contribution in [0.4, 0.5) is 0 Å². The zero-order valence-electron chi connectivity index (χ0n) is 36.3. The number of phosphoric acid groups is 1. The molecule has 0 aromatic carbocycles. The number of allylic oxidation sites excluding steroid dienone is 8. The van der Waals surface area contributed by atoms with Gasteiger partial charge in [-0.1, -0.05) is 172 Å². The lowest BCUT2D eigenvalue weighted by atomic mass is 10.1. The van der Waals surface area contributed by atoms with Crippen LogP contribution in [0.1, 0.15) is 213 Å². The lowest BCUT2D eigenvalue weighted by molar-refractivity contribution is -0.161. The Morgan fingerprint density at radius 1 is 0.500 bits per heavy atom. The van der Waals surface area contributed by atoms with Gasteiger partial charge in [0.05, 0.1) is 6.61 Å². The Labute approximate surface area is 344 Å². The van der Waals surface area contributed by atoms with Crippen molar-refractivity contribution in [1.29, 1.82) is 0 Å². The fraction of sp³-hybridized carbons (Fsp3) is 0.787. The molecule has 0 aliphatic carbocycles. The summed E-state index contributed by atoms with van der Waals surface area (Å²) in [5.41, 5.74) is 0. The Kier molecular flexibility index (Phi) is 41.1. The van der Waals surface area contributed by atoms with E-state index in [1.165, 1.54) is 109 Å². The Balaban J connectivity index is 3.99. The third kappa shape index (κ3) is 41.6. The van der Waals surface area contributed by atoms with Gasteiger partial charge < -0.3 is 14.4 Å². The van der Waals surface area contributed by atoms with Crippen LogP contribution >= 0.6 is 7.82 Å². The lowest BCUT2D eigenvalue weighted by Crippen LogP contribution is -2.29. The van der Waals surface area contributed by atoms with Gasteiger partial charge >= 0.3 is 19.8 Å². The fourth-order valence-electron chi connectivity index (χ4n) is 6.25. The first-order chi connectivity index (χ1) is 27.3. The molecule has 2 unspecified atom stereocenters. The molecule has 0 fully saturated rings. The van der Waals surface area contributed by atoms with Crippen LogP contribution in [-0.2, 0) is 32.7 Å². The van der Waals surface area contributed by atoms with E-state index in [2.05, 4.69) is 67.0 Å². The van der Waals surface area contributed by atoms with E-state index >= 15 is 0 Å². The molecule has 1 N–H and O–H groups in total. The van der Waals surface area contributed by atoms with Crippen LogP contribution in [0.3, 0.4) is 0 Å². The molecule has 9 heteroatoms. The highest BCUT2D eigenvalue weighted by atomic mass is 31.2. The molecule has 0 aromatic rings. The molecule has 0 radical (unpaired) electrons. The zero-order valence-corrected chi connectivity index (χ0v) is 37.2.